The molecule has 16 heavy (non-hydrogen) atoms. The Morgan fingerprint density at radius 2 is 1.88 bits per heavy atom. The highest BCUT2D eigenvalue weighted by Crippen LogP contribution is 2.30. The van der Waals surface area contributed by atoms with Gasteiger partial charge in [0, 0.05) is 18.7 Å². The lowest BCUT2D eigenvalue weighted by molar-refractivity contribution is 0.724. The largest absolute Gasteiger partial charge is 0.357 e. The molecule has 0 unspecified atom stereocenters. The molecule has 0 atom stereocenters. The summed E-state index contributed by atoms with van der Waals surface area (Å²) < 4.78 is 0. The van der Waals surface area contributed by atoms with Crippen molar-refractivity contribution in [1.29, 1.82) is 0 Å². The second kappa shape index (κ2) is 5.12. The molecule has 90 valence electrons. The molecular weight excluding hydrogens is 202 g/mol. The van der Waals surface area contributed by atoms with Crippen molar-refractivity contribution in [3.8, 4) is 0 Å². The Balaban J connectivity index is 3.27. The van der Waals surface area contributed by atoms with Gasteiger partial charge >= 0.3 is 0 Å². The van der Waals surface area contributed by atoms with Gasteiger partial charge in [0.05, 0.1) is 0 Å². The lowest BCUT2D eigenvalue weighted by Gasteiger charge is -2.27. The molecule has 3 N–H and O–H groups in total. The molecule has 0 amide bonds. The van der Waals surface area contributed by atoms with E-state index in [1.54, 1.807) is 0 Å². The van der Waals surface area contributed by atoms with Gasteiger partial charge in [0.2, 0.25) is 0 Å². The van der Waals surface area contributed by atoms with Crippen LogP contribution >= 0.6 is 0 Å². The third kappa shape index (κ3) is 2.41. The molecule has 0 saturated heterocycles. The molecule has 5 nitrogen and oxygen atoms in total. The van der Waals surface area contributed by atoms with Crippen molar-refractivity contribution in [2.45, 2.75) is 39.7 Å². The maximum atomic E-state index is 5.47. The standard InChI is InChI=1S/C11H21N5/c1-7(2)9-10(15-12)13-6-14-11(9)16(5)8(3)4/h6-8H,12H2,1-5H3,(H,13,14,15). The van der Waals surface area contributed by atoms with Crippen molar-refractivity contribution in [3.63, 3.8) is 0 Å². The molecule has 1 rings (SSSR count). The van der Waals surface area contributed by atoms with Gasteiger partial charge in [-0.1, -0.05) is 13.8 Å². The Labute approximate surface area is 97.0 Å². The Kier molecular flexibility index (Phi) is 4.06. The van der Waals surface area contributed by atoms with E-state index >= 15 is 0 Å². The summed E-state index contributed by atoms with van der Waals surface area (Å²) >= 11 is 0. The molecule has 0 aliphatic heterocycles. The highest BCUT2D eigenvalue weighted by molar-refractivity contribution is 5.59. The summed E-state index contributed by atoms with van der Waals surface area (Å²) in [5.41, 5.74) is 3.69. The van der Waals surface area contributed by atoms with Gasteiger partial charge in [-0.3, -0.25) is 0 Å². The quantitative estimate of drug-likeness (QED) is 0.601. The smallest absolute Gasteiger partial charge is 0.148 e. The van der Waals surface area contributed by atoms with Crippen LogP contribution < -0.4 is 16.2 Å². The van der Waals surface area contributed by atoms with Crippen LogP contribution in [0, 0.1) is 0 Å². The average Bonchev–Trinajstić information content (AvgIpc) is 2.26. The summed E-state index contributed by atoms with van der Waals surface area (Å²) in [5, 5.41) is 0. The first kappa shape index (κ1) is 12.7. The van der Waals surface area contributed by atoms with Gasteiger partial charge in [-0.25, -0.2) is 15.8 Å². The number of aromatic nitrogens is 2. The van der Waals surface area contributed by atoms with Crippen LogP contribution in [0.3, 0.4) is 0 Å². The van der Waals surface area contributed by atoms with Crippen molar-refractivity contribution in [2.75, 3.05) is 17.4 Å². The second-order valence-electron chi connectivity index (χ2n) is 4.46. The lowest BCUT2D eigenvalue weighted by atomic mass is 10.0. The number of hydrogen-bond donors (Lipinski definition) is 2. The van der Waals surface area contributed by atoms with E-state index in [1.807, 2.05) is 7.05 Å². The number of nitrogens with one attached hydrogen (secondary N) is 1. The van der Waals surface area contributed by atoms with E-state index in [4.69, 9.17) is 5.84 Å². The fourth-order valence-corrected chi connectivity index (χ4v) is 1.56. The Morgan fingerprint density at radius 3 is 2.31 bits per heavy atom. The summed E-state index contributed by atoms with van der Waals surface area (Å²) in [5.74, 6) is 7.44. The minimum Gasteiger partial charge on any atom is -0.357 e. The Bertz CT molecular complexity index is 348. The number of anilines is 2. The van der Waals surface area contributed by atoms with Gasteiger partial charge in [-0.05, 0) is 19.8 Å². The molecule has 1 heterocycles. The van der Waals surface area contributed by atoms with Crippen LogP contribution in [0.5, 0.6) is 0 Å². The predicted molar refractivity (Wildman–Crippen MR) is 67.5 cm³/mol. The van der Waals surface area contributed by atoms with E-state index in [9.17, 15) is 0 Å². The Morgan fingerprint density at radius 1 is 1.25 bits per heavy atom. The molecular formula is C11H21N5. The molecule has 0 aliphatic rings. The normalized spacial score (nSPS) is 11.0. The van der Waals surface area contributed by atoms with Crippen LogP contribution in [0.4, 0.5) is 11.6 Å². The van der Waals surface area contributed by atoms with Crippen molar-refractivity contribution in [2.24, 2.45) is 5.84 Å². The summed E-state index contributed by atoms with van der Waals surface area (Å²) in [7, 11) is 2.03. The Hall–Kier alpha value is -1.36. The number of nitrogens with two attached hydrogens (primary N) is 1. The average molecular weight is 223 g/mol. The summed E-state index contributed by atoms with van der Waals surface area (Å²) in [6.07, 6.45) is 1.54. The number of nitrogen functional groups attached to an aromatic ring is 1. The zero-order valence-corrected chi connectivity index (χ0v) is 10.7. The predicted octanol–water partition coefficient (Wildman–Crippen LogP) is 1.73. The third-order valence-electron chi connectivity index (χ3n) is 2.69. The molecule has 0 radical (unpaired) electrons. The van der Waals surface area contributed by atoms with Gasteiger partial charge in [0.15, 0.2) is 0 Å². The summed E-state index contributed by atoms with van der Waals surface area (Å²) in [4.78, 5) is 10.6. The van der Waals surface area contributed by atoms with E-state index in [0.29, 0.717) is 17.8 Å². The second-order valence-corrected chi connectivity index (χ2v) is 4.46. The van der Waals surface area contributed by atoms with Crippen LogP contribution in [0.15, 0.2) is 6.33 Å². The first-order valence-electron chi connectivity index (χ1n) is 5.53. The van der Waals surface area contributed by atoms with Crippen LogP contribution in [0.25, 0.3) is 0 Å². The molecule has 1 aromatic heterocycles. The maximum Gasteiger partial charge on any atom is 0.148 e. The zero-order chi connectivity index (χ0) is 12.3. The molecule has 1 aromatic rings. The van der Waals surface area contributed by atoms with Gasteiger partial charge in [-0.2, -0.15) is 0 Å². The topological polar surface area (TPSA) is 67.1 Å². The molecule has 0 spiro atoms. The van der Waals surface area contributed by atoms with Crippen molar-refractivity contribution < 1.29 is 0 Å². The molecule has 0 bridgehead atoms. The SMILES string of the molecule is CC(C)c1c(NN)ncnc1N(C)C(C)C. The molecule has 0 fully saturated rings. The number of nitrogens with zero attached hydrogens (tertiary/aromatic N) is 3. The van der Waals surface area contributed by atoms with E-state index in [2.05, 4.69) is 48.0 Å². The monoisotopic (exact) mass is 223 g/mol. The van der Waals surface area contributed by atoms with E-state index in [1.165, 1.54) is 6.33 Å². The highest BCUT2D eigenvalue weighted by atomic mass is 15.3. The maximum absolute atomic E-state index is 5.47. The van der Waals surface area contributed by atoms with E-state index in [0.717, 1.165) is 11.4 Å². The van der Waals surface area contributed by atoms with Gasteiger partial charge in [-0.15, -0.1) is 0 Å². The summed E-state index contributed by atoms with van der Waals surface area (Å²) in [6, 6.07) is 0.387. The number of rotatable bonds is 4. The lowest BCUT2D eigenvalue weighted by Crippen LogP contribution is -2.28. The minimum atomic E-state index is 0.323. The fourth-order valence-electron chi connectivity index (χ4n) is 1.56. The third-order valence-corrected chi connectivity index (χ3v) is 2.69. The van der Waals surface area contributed by atoms with Crippen LogP contribution in [-0.4, -0.2) is 23.1 Å². The number of hydrogen-bond acceptors (Lipinski definition) is 5. The molecule has 0 aliphatic carbocycles. The first-order valence-corrected chi connectivity index (χ1v) is 5.53. The molecule has 5 heteroatoms. The minimum absolute atomic E-state index is 0.323. The van der Waals surface area contributed by atoms with Crippen LogP contribution in [0.2, 0.25) is 0 Å². The van der Waals surface area contributed by atoms with Crippen LogP contribution in [0.1, 0.15) is 39.2 Å². The van der Waals surface area contributed by atoms with Gasteiger partial charge in [0.25, 0.3) is 0 Å². The van der Waals surface area contributed by atoms with E-state index in [-0.39, 0.29) is 0 Å². The van der Waals surface area contributed by atoms with E-state index < -0.39 is 0 Å². The fraction of sp³-hybridized carbons (Fsp3) is 0.636. The highest BCUT2D eigenvalue weighted by Gasteiger charge is 2.18. The van der Waals surface area contributed by atoms with Gasteiger partial charge in [0.1, 0.15) is 18.0 Å². The van der Waals surface area contributed by atoms with Crippen molar-refractivity contribution >= 4 is 11.6 Å². The summed E-state index contributed by atoms with van der Waals surface area (Å²) in [6.45, 7) is 8.47. The van der Waals surface area contributed by atoms with Crippen LogP contribution in [-0.2, 0) is 0 Å². The molecule has 0 saturated carbocycles. The number of hydrazine groups is 1. The first-order chi connectivity index (χ1) is 7.49. The zero-order valence-electron chi connectivity index (χ0n) is 10.7. The van der Waals surface area contributed by atoms with Crippen molar-refractivity contribution in [3.05, 3.63) is 11.9 Å². The molecule has 0 aromatic carbocycles. The van der Waals surface area contributed by atoms with Gasteiger partial charge < -0.3 is 10.3 Å². The van der Waals surface area contributed by atoms with Crippen molar-refractivity contribution in [1.82, 2.24) is 9.97 Å².